The molecule has 0 heterocycles. The maximum absolute atomic E-state index is 10.0. The van der Waals surface area contributed by atoms with Gasteiger partial charge in [0.1, 0.15) is 11.6 Å². The normalized spacial score (nSPS) is 6.44. The fraction of sp³-hybridized carbons (Fsp3) is 0.600. The van der Waals surface area contributed by atoms with E-state index in [9.17, 15) is 9.59 Å². The van der Waals surface area contributed by atoms with E-state index < -0.39 is 0 Å². The number of Topliss-reactive ketones (excluding diaryl/α,β-unsaturated/α-hetero) is 2. The van der Waals surface area contributed by atoms with Gasteiger partial charge in [0.2, 0.25) is 0 Å². The maximum atomic E-state index is 10.0. The molecule has 0 fully saturated rings. The van der Waals surface area contributed by atoms with Gasteiger partial charge in [-0.15, -0.1) is 0 Å². The summed E-state index contributed by atoms with van der Waals surface area (Å²) in [5.74, 6) is -0.125. The van der Waals surface area contributed by atoms with Gasteiger partial charge in [-0.3, -0.25) is 9.59 Å². The monoisotopic (exact) mass is 212 g/mol. The summed E-state index contributed by atoms with van der Waals surface area (Å²) in [4.78, 5) is 20.1. The van der Waals surface area contributed by atoms with Gasteiger partial charge in [-0.05, 0) is 13.8 Å². The van der Waals surface area contributed by atoms with Crippen LogP contribution in [0.4, 0.5) is 0 Å². The summed E-state index contributed by atoms with van der Waals surface area (Å²) in [7, 11) is 0. The van der Waals surface area contributed by atoms with Gasteiger partial charge in [-0.2, -0.15) is 0 Å². The van der Waals surface area contributed by atoms with Gasteiger partial charge >= 0.3 is 0 Å². The van der Waals surface area contributed by atoms with Gasteiger partial charge < -0.3 is 0 Å². The van der Waals surface area contributed by atoms with E-state index in [-0.39, 0.29) is 52.1 Å². The third-order valence-electron chi connectivity index (χ3n) is 0.498. The predicted octanol–water partition coefficient (Wildman–Crippen LogP) is 0.549. The van der Waals surface area contributed by atoms with E-state index in [2.05, 4.69) is 0 Å². The molecule has 0 atom stereocenters. The quantitative estimate of drug-likeness (QED) is 0.494. The van der Waals surface area contributed by atoms with Crippen LogP contribution in [0.25, 0.3) is 0 Å². The van der Waals surface area contributed by atoms with Crippen molar-refractivity contribution in [2.75, 3.05) is 0 Å². The predicted molar refractivity (Wildman–Crippen MR) is 26.0 cm³/mol. The molecule has 0 aromatic heterocycles. The first kappa shape index (κ1) is 16.2. The first-order chi connectivity index (χ1) is 3.13. The number of hydrogen-bond donors (Lipinski definition) is 0. The SMILES string of the molecule is CC(=O)CC(C)=O.[Fe].[Fe]. The summed E-state index contributed by atoms with van der Waals surface area (Å²) in [5.41, 5.74) is 0. The minimum absolute atomic E-state index is 0. The number of carbonyl (C=O) groups is 2. The van der Waals surface area contributed by atoms with E-state index in [1.165, 1.54) is 13.8 Å². The van der Waals surface area contributed by atoms with E-state index in [1.807, 2.05) is 0 Å². The fourth-order valence-electron chi connectivity index (χ4n) is 0.351. The Balaban J connectivity index is -0.000000180. The molecule has 0 aliphatic rings. The molecule has 0 N–H and O–H groups in total. The number of ketones is 2. The fourth-order valence-corrected chi connectivity index (χ4v) is 0.351. The molecular weight excluding hydrogens is 204 g/mol. The first-order valence-electron chi connectivity index (χ1n) is 2.12. The molecule has 4 heteroatoms. The van der Waals surface area contributed by atoms with Crippen LogP contribution in [-0.4, -0.2) is 11.6 Å². The smallest absolute Gasteiger partial charge is 0.137 e. The van der Waals surface area contributed by atoms with Gasteiger partial charge in [-0.25, -0.2) is 0 Å². The summed E-state index contributed by atoms with van der Waals surface area (Å²) in [6, 6.07) is 0. The van der Waals surface area contributed by atoms with Gasteiger partial charge in [0.15, 0.2) is 0 Å². The zero-order valence-electron chi connectivity index (χ0n) is 5.23. The van der Waals surface area contributed by atoms with E-state index >= 15 is 0 Å². The molecule has 9 heavy (non-hydrogen) atoms. The third kappa shape index (κ3) is 17.8. The van der Waals surface area contributed by atoms with Crippen LogP contribution in [0.3, 0.4) is 0 Å². The summed E-state index contributed by atoms with van der Waals surface area (Å²) in [6.45, 7) is 2.81. The largest absolute Gasteiger partial charge is 0.300 e. The number of rotatable bonds is 2. The van der Waals surface area contributed by atoms with Crippen molar-refractivity contribution >= 4 is 11.6 Å². The Morgan fingerprint density at radius 1 is 1.00 bits per heavy atom. The van der Waals surface area contributed by atoms with Crippen LogP contribution in [0.2, 0.25) is 0 Å². The van der Waals surface area contributed by atoms with Crippen molar-refractivity contribution in [2.24, 2.45) is 0 Å². The Hall–Kier alpha value is 0.379. The molecule has 0 aliphatic carbocycles. The van der Waals surface area contributed by atoms with Crippen LogP contribution in [0.1, 0.15) is 20.3 Å². The summed E-state index contributed by atoms with van der Waals surface area (Å²) < 4.78 is 0. The summed E-state index contributed by atoms with van der Waals surface area (Å²) in [6.07, 6.45) is 0.0833. The van der Waals surface area contributed by atoms with Crippen molar-refractivity contribution < 1.29 is 43.7 Å². The molecule has 0 amide bonds. The molecule has 0 unspecified atom stereocenters. The van der Waals surface area contributed by atoms with Crippen molar-refractivity contribution in [3.05, 3.63) is 0 Å². The van der Waals surface area contributed by atoms with Crippen molar-refractivity contribution in [1.29, 1.82) is 0 Å². The zero-order valence-corrected chi connectivity index (χ0v) is 7.44. The Morgan fingerprint density at radius 2 is 1.22 bits per heavy atom. The second-order valence-electron chi connectivity index (χ2n) is 1.58. The second-order valence-corrected chi connectivity index (χ2v) is 1.58. The van der Waals surface area contributed by atoms with Crippen LogP contribution < -0.4 is 0 Å². The average molecular weight is 212 g/mol. The maximum Gasteiger partial charge on any atom is 0.137 e. The van der Waals surface area contributed by atoms with E-state index in [1.54, 1.807) is 0 Å². The molecule has 0 aromatic rings. The Labute approximate surface area is 75.7 Å². The minimum Gasteiger partial charge on any atom is -0.300 e. The minimum atomic E-state index is -0.0625. The average Bonchev–Trinajstić information content (AvgIpc) is 1.27. The van der Waals surface area contributed by atoms with Crippen molar-refractivity contribution in [2.45, 2.75) is 20.3 Å². The summed E-state index contributed by atoms with van der Waals surface area (Å²) in [5, 5.41) is 0. The molecule has 0 saturated heterocycles. The second kappa shape index (κ2) is 8.38. The van der Waals surface area contributed by atoms with Gasteiger partial charge in [0, 0.05) is 34.1 Å². The van der Waals surface area contributed by atoms with Crippen LogP contribution >= 0.6 is 0 Å². The van der Waals surface area contributed by atoms with E-state index in [4.69, 9.17) is 0 Å². The van der Waals surface area contributed by atoms with Crippen LogP contribution in [0.5, 0.6) is 0 Å². The molecule has 0 aliphatic heterocycles. The van der Waals surface area contributed by atoms with Gasteiger partial charge in [0.05, 0.1) is 6.42 Å². The van der Waals surface area contributed by atoms with Crippen LogP contribution in [0, 0.1) is 0 Å². The van der Waals surface area contributed by atoms with Gasteiger partial charge in [-0.1, -0.05) is 0 Å². The van der Waals surface area contributed by atoms with Crippen molar-refractivity contribution in [3.63, 3.8) is 0 Å². The molecule has 0 spiro atoms. The third-order valence-corrected chi connectivity index (χ3v) is 0.498. The van der Waals surface area contributed by atoms with Gasteiger partial charge in [0.25, 0.3) is 0 Å². The molecule has 2 nitrogen and oxygen atoms in total. The Kier molecular flexibility index (Phi) is 15.1. The van der Waals surface area contributed by atoms with E-state index in [0.29, 0.717) is 0 Å². The Bertz CT molecular complexity index is 89.1. The molecule has 56 valence electrons. The molecule has 0 bridgehead atoms. The van der Waals surface area contributed by atoms with Crippen molar-refractivity contribution in [3.8, 4) is 0 Å². The molecule has 0 saturated carbocycles. The number of carbonyl (C=O) groups excluding carboxylic acids is 2. The molecular formula is C5H8Fe2O2. The zero-order chi connectivity index (χ0) is 5.86. The molecule has 0 radical (unpaired) electrons. The number of hydrogen-bond acceptors (Lipinski definition) is 2. The first-order valence-corrected chi connectivity index (χ1v) is 2.12. The summed E-state index contributed by atoms with van der Waals surface area (Å²) >= 11 is 0. The Morgan fingerprint density at radius 3 is 1.22 bits per heavy atom. The molecule has 0 aromatic carbocycles. The van der Waals surface area contributed by atoms with E-state index in [0.717, 1.165) is 0 Å². The topological polar surface area (TPSA) is 34.1 Å². The van der Waals surface area contributed by atoms with Crippen LogP contribution in [-0.2, 0) is 43.7 Å². The standard InChI is InChI=1S/C5H8O2.2Fe/c1-4(6)3-5(2)7;;/h3H2,1-2H3;;. The molecule has 0 rings (SSSR count). The van der Waals surface area contributed by atoms with Crippen molar-refractivity contribution in [1.82, 2.24) is 0 Å². The van der Waals surface area contributed by atoms with Crippen LogP contribution in [0.15, 0.2) is 0 Å².